The lowest BCUT2D eigenvalue weighted by molar-refractivity contribution is -0.113. The van der Waals surface area contributed by atoms with Gasteiger partial charge in [-0.2, -0.15) is 4.98 Å². The number of benzene rings is 2. The second-order valence-electron chi connectivity index (χ2n) is 8.25. The standard InChI is InChI=1S/C26H31N5O2S/c1-5-7-16-34-26-29-25-27-18(4)22(24(32)28-20-12-8-17(3)9-13-20)23(31(25)30-26)19-10-14-21(15-11-19)33-6-2/h8-15,23H,5-7,16H2,1-4H3,(H,28,32)(H,27,29,30). The van der Waals surface area contributed by atoms with Crippen LogP contribution in [0, 0.1) is 6.92 Å². The van der Waals surface area contributed by atoms with Crippen LogP contribution in [0.15, 0.2) is 65.0 Å². The Kier molecular flexibility index (Phi) is 7.57. The van der Waals surface area contributed by atoms with Gasteiger partial charge in [0.15, 0.2) is 0 Å². The van der Waals surface area contributed by atoms with Crippen molar-refractivity contribution in [3.8, 4) is 5.75 Å². The number of allylic oxidation sites excluding steroid dienone is 1. The minimum Gasteiger partial charge on any atom is -0.494 e. The van der Waals surface area contributed by atoms with Gasteiger partial charge in [-0.25, -0.2) is 4.68 Å². The molecule has 1 aromatic heterocycles. The highest BCUT2D eigenvalue weighted by Gasteiger charge is 2.34. The van der Waals surface area contributed by atoms with E-state index >= 15 is 0 Å². The van der Waals surface area contributed by atoms with E-state index in [1.807, 2.05) is 74.0 Å². The van der Waals surface area contributed by atoms with Gasteiger partial charge in [-0.15, -0.1) is 5.10 Å². The summed E-state index contributed by atoms with van der Waals surface area (Å²) >= 11 is 1.64. The third-order valence-corrected chi connectivity index (χ3v) is 6.55. The maximum absolute atomic E-state index is 13.5. The van der Waals surface area contributed by atoms with Gasteiger partial charge in [-0.3, -0.25) is 4.79 Å². The summed E-state index contributed by atoms with van der Waals surface area (Å²) in [6, 6.07) is 15.2. The summed E-state index contributed by atoms with van der Waals surface area (Å²) < 4.78 is 7.44. The molecule has 0 radical (unpaired) electrons. The lowest BCUT2D eigenvalue weighted by atomic mass is 9.95. The van der Waals surface area contributed by atoms with Crippen LogP contribution in [0.3, 0.4) is 0 Å². The van der Waals surface area contributed by atoms with Crippen LogP contribution in [-0.2, 0) is 4.79 Å². The van der Waals surface area contributed by atoms with E-state index in [4.69, 9.17) is 14.8 Å². The Bertz CT molecular complexity index is 1170. The van der Waals surface area contributed by atoms with Gasteiger partial charge in [0.2, 0.25) is 11.1 Å². The number of unbranched alkanes of at least 4 members (excludes halogenated alkanes) is 1. The van der Waals surface area contributed by atoms with Crippen molar-refractivity contribution in [2.75, 3.05) is 23.0 Å². The maximum atomic E-state index is 13.5. The summed E-state index contributed by atoms with van der Waals surface area (Å²) in [6.07, 6.45) is 2.23. The molecule has 0 spiro atoms. The number of carbonyl (C=O) groups is 1. The average Bonchev–Trinajstić information content (AvgIpc) is 3.23. The molecule has 1 aliphatic heterocycles. The number of amides is 1. The third kappa shape index (κ3) is 5.28. The SMILES string of the molecule is CCCCSc1nc2n(n1)C(c1ccc(OCC)cc1)C(C(=O)Nc1ccc(C)cc1)=C(C)N2. The molecule has 8 heteroatoms. The molecule has 7 nitrogen and oxygen atoms in total. The number of thioether (sulfide) groups is 1. The van der Waals surface area contributed by atoms with E-state index in [9.17, 15) is 4.79 Å². The van der Waals surface area contributed by atoms with E-state index in [1.165, 1.54) is 0 Å². The van der Waals surface area contributed by atoms with Crippen molar-refractivity contribution in [3.63, 3.8) is 0 Å². The zero-order valence-corrected chi connectivity index (χ0v) is 20.9. The van der Waals surface area contributed by atoms with E-state index in [0.29, 0.717) is 23.3 Å². The molecule has 2 aromatic carbocycles. The Morgan fingerprint density at radius 3 is 2.53 bits per heavy atom. The molecule has 0 bridgehead atoms. The van der Waals surface area contributed by atoms with E-state index < -0.39 is 6.04 Å². The maximum Gasteiger partial charge on any atom is 0.255 e. The van der Waals surface area contributed by atoms with Gasteiger partial charge in [0.1, 0.15) is 11.8 Å². The van der Waals surface area contributed by atoms with Crippen LogP contribution in [0.2, 0.25) is 0 Å². The first kappa shape index (κ1) is 23.9. The van der Waals surface area contributed by atoms with Crippen molar-refractivity contribution in [2.24, 2.45) is 0 Å². The summed E-state index contributed by atoms with van der Waals surface area (Å²) in [5.41, 5.74) is 4.19. The summed E-state index contributed by atoms with van der Waals surface area (Å²) in [5.74, 6) is 2.22. The second kappa shape index (κ2) is 10.8. The molecule has 0 aliphatic carbocycles. The van der Waals surface area contributed by atoms with E-state index in [2.05, 4.69) is 17.6 Å². The van der Waals surface area contributed by atoms with Gasteiger partial charge < -0.3 is 15.4 Å². The van der Waals surface area contributed by atoms with Gasteiger partial charge in [-0.1, -0.05) is 54.9 Å². The Labute approximate surface area is 205 Å². The molecule has 0 saturated carbocycles. The number of rotatable bonds is 9. The molecule has 2 heterocycles. The number of hydrogen-bond acceptors (Lipinski definition) is 6. The van der Waals surface area contributed by atoms with Crippen LogP contribution < -0.4 is 15.4 Å². The fourth-order valence-corrected chi connectivity index (χ4v) is 4.76. The molecule has 3 aromatic rings. The van der Waals surface area contributed by atoms with Crippen LogP contribution in [0.5, 0.6) is 5.75 Å². The van der Waals surface area contributed by atoms with Crippen LogP contribution >= 0.6 is 11.8 Å². The van der Waals surface area contributed by atoms with Crippen molar-refractivity contribution < 1.29 is 9.53 Å². The van der Waals surface area contributed by atoms with Crippen molar-refractivity contribution in [2.45, 2.75) is 51.7 Å². The van der Waals surface area contributed by atoms with Gasteiger partial charge in [-0.05, 0) is 57.0 Å². The quantitative estimate of drug-likeness (QED) is 0.299. The van der Waals surface area contributed by atoms with Crippen molar-refractivity contribution in [1.29, 1.82) is 0 Å². The van der Waals surface area contributed by atoms with Crippen molar-refractivity contribution in [3.05, 3.63) is 70.9 Å². The number of fused-ring (bicyclic) bond motifs is 1. The number of aryl methyl sites for hydroxylation is 1. The Balaban J connectivity index is 1.70. The van der Waals surface area contributed by atoms with Crippen molar-refractivity contribution >= 4 is 29.3 Å². The lowest BCUT2D eigenvalue weighted by Crippen LogP contribution is -2.31. The fraction of sp³-hybridized carbons (Fsp3) is 0.346. The Morgan fingerprint density at radius 1 is 1.12 bits per heavy atom. The van der Waals surface area contributed by atoms with Crippen LogP contribution in [0.1, 0.15) is 50.8 Å². The van der Waals surface area contributed by atoms with E-state index in [-0.39, 0.29) is 5.91 Å². The lowest BCUT2D eigenvalue weighted by Gasteiger charge is -2.28. The zero-order valence-electron chi connectivity index (χ0n) is 20.1. The number of anilines is 2. The molecule has 1 amide bonds. The molecular formula is C26H31N5O2S. The van der Waals surface area contributed by atoms with Gasteiger partial charge in [0, 0.05) is 17.1 Å². The first-order valence-corrected chi connectivity index (χ1v) is 12.7. The first-order valence-electron chi connectivity index (χ1n) is 11.7. The van der Waals surface area contributed by atoms with E-state index in [0.717, 1.165) is 46.9 Å². The summed E-state index contributed by atoms with van der Waals surface area (Å²) in [6.45, 7) is 8.66. The third-order valence-electron chi connectivity index (χ3n) is 5.62. The second-order valence-corrected chi connectivity index (χ2v) is 9.32. The Hall–Kier alpha value is -3.26. The smallest absolute Gasteiger partial charge is 0.255 e. The van der Waals surface area contributed by atoms with Gasteiger partial charge in [0.05, 0.1) is 12.2 Å². The van der Waals surface area contributed by atoms with Crippen LogP contribution in [0.25, 0.3) is 0 Å². The Morgan fingerprint density at radius 2 is 1.85 bits per heavy atom. The summed E-state index contributed by atoms with van der Waals surface area (Å²) in [5, 5.41) is 11.8. The van der Waals surface area contributed by atoms with Crippen LogP contribution in [-0.4, -0.2) is 33.0 Å². The highest BCUT2D eigenvalue weighted by Crippen LogP contribution is 2.37. The number of nitrogens with zero attached hydrogens (tertiary/aromatic N) is 3. The number of nitrogens with one attached hydrogen (secondary N) is 2. The largest absolute Gasteiger partial charge is 0.494 e. The van der Waals surface area contributed by atoms with Crippen LogP contribution in [0.4, 0.5) is 11.6 Å². The minimum atomic E-state index is -0.412. The molecule has 2 N–H and O–H groups in total. The average molecular weight is 478 g/mol. The van der Waals surface area contributed by atoms with Crippen molar-refractivity contribution in [1.82, 2.24) is 14.8 Å². The predicted octanol–water partition coefficient (Wildman–Crippen LogP) is 5.81. The highest BCUT2D eigenvalue weighted by atomic mass is 32.2. The number of aromatic nitrogens is 3. The predicted molar refractivity (Wildman–Crippen MR) is 138 cm³/mol. The number of hydrogen-bond donors (Lipinski definition) is 2. The summed E-state index contributed by atoms with van der Waals surface area (Å²) in [7, 11) is 0. The molecule has 34 heavy (non-hydrogen) atoms. The van der Waals surface area contributed by atoms with Gasteiger partial charge in [0.25, 0.3) is 5.91 Å². The number of ether oxygens (including phenoxy) is 1. The van der Waals surface area contributed by atoms with E-state index in [1.54, 1.807) is 11.8 Å². The molecule has 0 fully saturated rings. The molecule has 1 aliphatic rings. The molecule has 1 atom stereocenters. The monoisotopic (exact) mass is 477 g/mol. The summed E-state index contributed by atoms with van der Waals surface area (Å²) in [4.78, 5) is 18.2. The molecule has 1 unspecified atom stereocenters. The molecular weight excluding hydrogens is 446 g/mol. The molecule has 178 valence electrons. The number of carbonyl (C=O) groups excluding carboxylic acids is 1. The zero-order chi connectivity index (χ0) is 24.1. The molecule has 4 rings (SSSR count). The fourth-order valence-electron chi connectivity index (χ4n) is 3.85. The first-order chi connectivity index (χ1) is 16.5. The van der Waals surface area contributed by atoms with Gasteiger partial charge >= 0.3 is 0 Å². The minimum absolute atomic E-state index is 0.172. The normalized spacial score (nSPS) is 15.0. The molecule has 0 saturated heterocycles. The highest BCUT2D eigenvalue weighted by molar-refractivity contribution is 7.99. The topological polar surface area (TPSA) is 81.1 Å².